The summed E-state index contributed by atoms with van der Waals surface area (Å²) in [5, 5.41) is 10.4. The average molecular weight is 259 g/mol. The Balaban J connectivity index is 2.48. The fourth-order valence-corrected chi connectivity index (χ4v) is 1.74. The van der Waals surface area contributed by atoms with E-state index < -0.39 is 12.5 Å². The molecule has 7 heteroatoms. The summed E-state index contributed by atoms with van der Waals surface area (Å²) in [6.07, 6.45) is 0.524. The molecule has 17 heavy (non-hydrogen) atoms. The van der Waals surface area contributed by atoms with Gasteiger partial charge in [0.2, 0.25) is 0 Å². The molecule has 1 aromatic carbocycles. The third kappa shape index (κ3) is 4.65. The van der Waals surface area contributed by atoms with Gasteiger partial charge in [0.15, 0.2) is 0 Å². The number of rotatable bonds is 6. The Hall–Kier alpha value is -1.23. The molecule has 1 aromatic rings. The third-order valence-electron chi connectivity index (χ3n) is 2.23. The van der Waals surface area contributed by atoms with Crippen molar-refractivity contribution in [2.24, 2.45) is 0 Å². The van der Waals surface area contributed by atoms with Gasteiger partial charge in [-0.15, -0.1) is 0 Å². The number of benzene rings is 1. The summed E-state index contributed by atoms with van der Waals surface area (Å²) in [5.41, 5.74) is 0.850. The third-order valence-corrected chi connectivity index (χ3v) is 3.62. The monoisotopic (exact) mass is 259 g/mol. The van der Waals surface area contributed by atoms with Gasteiger partial charge in [-0.1, -0.05) is 19.1 Å². The molecule has 6 nitrogen and oxygen atoms in total. The average Bonchev–Trinajstić information content (AvgIpc) is 2.29. The predicted octanol–water partition coefficient (Wildman–Crippen LogP) is 2.36. The van der Waals surface area contributed by atoms with E-state index in [0.29, 0.717) is 6.42 Å². The standard InChI is InChI=1S/C10H14NO5P/c1-2-17(14,15)16-8-7-9-3-5-10(6-4-9)11(12)13/h3-6H,2,7-8H2,1H3,(H,14,15). The van der Waals surface area contributed by atoms with Crippen LogP contribution in [0.4, 0.5) is 5.69 Å². The molecule has 0 spiro atoms. The van der Waals surface area contributed by atoms with Crippen molar-refractivity contribution >= 4 is 13.3 Å². The maximum Gasteiger partial charge on any atom is 0.327 e. The zero-order chi connectivity index (χ0) is 12.9. The molecule has 0 aliphatic carbocycles. The normalized spacial score (nSPS) is 14.2. The Bertz CT molecular complexity index is 431. The second kappa shape index (κ2) is 5.91. The summed E-state index contributed by atoms with van der Waals surface area (Å²) in [6, 6.07) is 6.01. The van der Waals surface area contributed by atoms with Crippen LogP contribution in [0.15, 0.2) is 24.3 Å². The molecule has 0 bridgehead atoms. The lowest BCUT2D eigenvalue weighted by molar-refractivity contribution is -0.384. The van der Waals surface area contributed by atoms with E-state index in [9.17, 15) is 14.7 Å². The minimum atomic E-state index is -3.44. The minimum absolute atomic E-state index is 0.0241. The lowest BCUT2D eigenvalue weighted by atomic mass is 10.1. The maximum atomic E-state index is 11.2. The van der Waals surface area contributed by atoms with Crippen LogP contribution in [0.1, 0.15) is 12.5 Å². The molecule has 0 amide bonds. The van der Waals surface area contributed by atoms with Crippen LogP contribution in [0.25, 0.3) is 0 Å². The predicted molar refractivity (Wildman–Crippen MR) is 63.1 cm³/mol. The fraction of sp³-hybridized carbons (Fsp3) is 0.400. The van der Waals surface area contributed by atoms with Crippen LogP contribution in [0.2, 0.25) is 0 Å². The van der Waals surface area contributed by atoms with Crippen molar-refractivity contribution in [3.8, 4) is 0 Å². The molecule has 0 heterocycles. The highest BCUT2D eigenvalue weighted by Crippen LogP contribution is 2.40. The summed E-state index contributed by atoms with van der Waals surface area (Å²) in [6.45, 7) is 1.70. The fourth-order valence-electron chi connectivity index (χ4n) is 1.18. The van der Waals surface area contributed by atoms with Gasteiger partial charge in [-0.3, -0.25) is 14.7 Å². The first kappa shape index (κ1) is 13.8. The summed E-state index contributed by atoms with van der Waals surface area (Å²) >= 11 is 0. The van der Waals surface area contributed by atoms with Gasteiger partial charge in [0, 0.05) is 18.3 Å². The molecular formula is C10H14NO5P. The Morgan fingerprint density at radius 3 is 2.47 bits per heavy atom. The summed E-state index contributed by atoms with van der Waals surface area (Å²) in [4.78, 5) is 19.1. The number of hydrogen-bond donors (Lipinski definition) is 1. The number of non-ortho nitro benzene ring substituents is 1. The van der Waals surface area contributed by atoms with Crippen molar-refractivity contribution in [3.05, 3.63) is 39.9 Å². The second-order valence-corrected chi connectivity index (χ2v) is 5.63. The molecule has 1 rings (SSSR count). The highest BCUT2D eigenvalue weighted by Gasteiger charge is 2.15. The Morgan fingerprint density at radius 2 is 2.00 bits per heavy atom. The van der Waals surface area contributed by atoms with E-state index >= 15 is 0 Å². The number of hydrogen-bond acceptors (Lipinski definition) is 4. The van der Waals surface area contributed by atoms with Gasteiger partial charge in [0.1, 0.15) is 0 Å². The van der Waals surface area contributed by atoms with Crippen molar-refractivity contribution in [1.29, 1.82) is 0 Å². The van der Waals surface area contributed by atoms with Gasteiger partial charge < -0.3 is 9.42 Å². The highest BCUT2D eigenvalue weighted by molar-refractivity contribution is 7.52. The van der Waals surface area contributed by atoms with E-state index in [1.165, 1.54) is 12.1 Å². The van der Waals surface area contributed by atoms with Crippen LogP contribution in [0, 0.1) is 10.1 Å². The lowest BCUT2D eigenvalue weighted by Gasteiger charge is -2.09. The van der Waals surface area contributed by atoms with E-state index in [0.717, 1.165) is 5.56 Å². The summed E-state index contributed by atoms with van der Waals surface area (Å²) in [7, 11) is -3.44. The van der Waals surface area contributed by atoms with E-state index in [4.69, 9.17) is 9.42 Å². The van der Waals surface area contributed by atoms with E-state index in [-0.39, 0.29) is 18.5 Å². The Morgan fingerprint density at radius 1 is 1.41 bits per heavy atom. The Labute approximate surface area is 98.9 Å². The van der Waals surface area contributed by atoms with Crippen molar-refractivity contribution in [3.63, 3.8) is 0 Å². The Kier molecular flexibility index (Phi) is 4.81. The topological polar surface area (TPSA) is 89.7 Å². The molecule has 1 atom stereocenters. The maximum absolute atomic E-state index is 11.2. The molecule has 0 aromatic heterocycles. The summed E-state index contributed by atoms with van der Waals surface area (Å²) < 4.78 is 16.0. The van der Waals surface area contributed by atoms with Gasteiger partial charge in [-0.2, -0.15) is 0 Å². The molecule has 0 aliphatic heterocycles. The molecule has 1 unspecified atom stereocenters. The molecule has 94 valence electrons. The molecular weight excluding hydrogens is 245 g/mol. The van der Waals surface area contributed by atoms with Gasteiger partial charge in [0.25, 0.3) is 5.69 Å². The van der Waals surface area contributed by atoms with Crippen molar-refractivity contribution in [2.75, 3.05) is 12.8 Å². The smallest absolute Gasteiger partial charge is 0.324 e. The zero-order valence-electron chi connectivity index (χ0n) is 9.41. The van der Waals surface area contributed by atoms with Crippen LogP contribution in [0.3, 0.4) is 0 Å². The van der Waals surface area contributed by atoms with Gasteiger partial charge in [0.05, 0.1) is 11.5 Å². The van der Waals surface area contributed by atoms with Crippen LogP contribution in [0.5, 0.6) is 0 Å². The van der Waals surface area contributed by atoms with Crippen LogP contribution in [-0.4, -0.2) is 22.6 Å². The first-order valence-corrected chi connectivity index (χ1v) is 6.90. The largest absolute Gasteiger partial charge is 0.327 e. The molecule has 0 aliphatic rings. The number of nitro groups is 1. The van der Waals surface area contributed by atoms with Crippen molar-refractivity contribution in [2.45, 2.75) is 13.3 Å². The van der Waals surface area contributed by atoms with Gasteiger partial charge in [-0.25, -0.2) is 0 Å². The highest BCUT2D eigenvalue weighted by atomic mass is 31.2. The van der Waals surface area contributed by atoms with Crippen molar-refractivity contribution < 1.29 is 18.9 Å². The zero-order valence-corrected chi connectivity index (χ0v) is 10.3. The van der Waals surface area contributed by atoms with Gasteiger partial charge >= 0.3 is 7.60 Å². The quantitative estimate of drug-likeness (QED) is 0.481. The summed E-state index contributed by atoms with van der Waals surface area (Å²) in [5.74, 6) is 0. The first-order chi connectivity index (χ1) is 7.94. The second-order valence-electron chi connectivity index (χ2n) is 3.46. The SMILES string of the molecule is CCP(=O)(O)OCCc1ccc([N+](=O)[O-])cc1. The molecule has 0 saturated heterocycles. The molecule has 0 fully saturated rings. The molecule has 0 saturated carbocycles. The van der Waals surface area contributed by atoms with Crippen molar-refractivity contribution in [1.82, 2.24) is 0 Å². The van der Waals surface area contributed by atoms with E-state index in [2.05, 4.69) is 0 Å². The van der Waals surface area contributed by atoms with Gasteiger partial charge in [-0.05, 0) is 12.0 Å². The van der Waals surface area contributed by atoms with Crippen LogP contribution >= 0.6 is 7.60 Å². The first-order valence-electron chi connectivity index (χ1n) is 5.14. The molecule has 0 radical (unpaired) electrons. The number of nitrogens with zero attached hydrogens (tertiary/aromatic N) is 1. The van der Waals surface area contributed by atoms with Crippen LogP contribution in [-0.2, 0) is 15.5 Å². The van der Waals surface area contributed by atoms with E-state index in [1.807, 2.05) is 0 Å². The number of nitro benzene ring substituents is 1. The van der Waals surface area contributed by atoms with Crippen LogP contribution < -0.4 is 0 Å². The minimum Gasteiger partial charge on any atom is -0.324 e. The van der Waals surface area contributed by atoms with E-state index in [1.54, 1.807) is 19.1 Å². The molecule has 1 N–H and O–H groups in total. The lowest BCUT2D eigenvalue weighted by Crippen LogP contribution is -1.98.